The molecule has 0 aromatic heterocycles. The summed E-state index contributed by atoms with van der Waals surface area (Å²) in [5, 5.41) is 8.32. The van der Waals surface area contributed by atoms with Crippen LogP contribution in [0.1, 0.15) is 94.7 Å². The molecule has 4 aliphatic heterocycles. The van der Waals surface area contributed by atoms with E-state index in [2.05, 4.69) is 55.4 Å². The molecule has 0 unspecified atom stereocenters. The van der Waals surface area contributed by atoms with Gasteiger partial charge < -0.3 is 9.80 Å². The van der Waals surface area contributed by atoms with Crippen LogP contribution in [-0.2, 0) is 16.1 Å². The van der Waals surface area contributed by atoms with Gasteiger partial charge >= 0.3 is 12.2 Å². The smallest absolute Gasteiger partial charge is 0.342 e. The number of rotatable bonds is 14. The summed E-state index contributed by atoms with van der Waals surface area (Å²) in [5.41, 5.74) is 5.70. The number of hydrogen-bond donors (Lipinski definition) is 0. The zero-order valence-electron chi connectivity index (χ0n) is 35.0. The molecule has 320 valence electrons. The van der Waals surface area contributed by atoms with Gasteiger partial charge in [-0.1, -0.05) is 77.1 Å². The third-order valence-corrected chi connectivity index (χ3v) is 11.9. The SMILES string of the molecule is C=CCC/C(=N\OC(=O)N1CCCN2CCCN=C21)C(=O)c1ccc2c(c1)-c1cc(C(=O)/C(CCC=C)=N/OC(=O)N3CCCN4CCCN=C43)ccc1C2Cc1ccccc1. The molecule has 62 heavy (non-hydrogen) atoms. The predicted molar refractivity (Wildman–Crippen MR) is 239 cm³/mol. The molecule has 2 saturated heterocycles. The average molecular weight is 837 g/mol. The second kappa shape index (κ2) is 19.3. The molecule has 14 nitrogen and oxygen atoms in total. The molecule has 1 aliphatic carbocycles. The van der Waals surface area contributed by atoms with Gasteiger partial charge in [-0.25, -0.2) is 19.4 Å². The van der Waals surface area contributed by atoms with Gasteiger partial charge in [-0.05, 0) is 84.9 Å². The van der Waals surface area contributed by atoms with E-state index in [0.29, 0.717) is 68.5 Å². The van der Waals surface area contributed by atoms with E-state index in [9.17, 15) is 19.2 Å². The lowest BCUT2D eigenvalue weighted by atomic mass is 9.89. The molecular formula is C48H52N8O6. The van der Waals surface area contributed by atoms with Crippen LogP contribution in [0.2, 0.25) is 0 Å². The van der Waals surface area contributed by atoms with E-state index in [1.54, 1.807) is 24.3 Å². The topological polar surface area (TPSA) is 149 Å². The van der Waals surface area contributed by atoms with Crippen LogP contribution in [0.5, 0.6) is 0 Å². The number of nitrogens with zero attached hydrogens (tertiary/aromatic N) is 8. The number of hydrogen-bond acceptors (Lipinski definition) is 12. The first-order chi connectivity index (χ1) is 30.3. The minimum atomic E-state index is -0.675. The van der Waals surface area contributed by atoms with Crippen molar-refractivity contribution in [1.29, 1.82) is 0 Å². The van der Waals surface area contributed by atoms with Crippen molar-refractivity contribution >= 4 is 47.1 Å². The molecule has 2 amide bonds. The molecule has 14 heteroatoms. The Morgan fingerprint density at radius 2 is 1.10 bits per heavy atom. The van der Waals surface area contributed by atoms with Crippen molar-refractivity contribution in [3.8, 4) is 11.1 Å². The van der Waals surface area contributed by atoms with E-state index in [0.717, 1.165) is 79.7 Å². The van der Waals surface area contributed by atoms with Crippen LogP contribution in [0.15, 0.2) is 112 Å². The van der Waals surface area contributed by atoms with Gasteiger partial charge in [0.05, 0.1) is 0 Å². The summed E-state index contributed by atoms with van der Waals surface area (Å²) >= 11 is 0. The molecule has 0 saturated carbocycles. The first-order valence-corrected chi connectivity index (χ1v) is 21.7. The maximum atomic E-state index is 14.3. The predicted octanol–water partition coefficient (Wildman–Crippen LogP) is 7.86. The molecule has 0 bridgehead atoms. The molecule has 0 radical (unpaired) electrons. The summed E-state index contributed by atoms with van der Waals surface area (Å²) in [6.07, 6.45) is 7.46. The fraction of sp³-hybridized carbons (Fsp3) is 0.375. The van der Waals surface area contributed by atoms with E-state index < -0.39 is 12.2 Å². The first kappa shape index (κ1) is 42.0. The zero-order valence-corrected chi connectivity index (χ0v) is 35.0. The highest BCUT2D eigenvalue weighted by molar-refractivity contribution is 6.46. The number of fused-ring (bicyclic) bond motifs is 5. The molecule has 2 fully saturated rings. The Morgan fingerprint density at radius 1 is 0.629 bits per heavy atom. The number of allylic oxidation sites excluding steroid dienone is 2. The largest absolute Gasteiger partial charge is 0.442 e. The summed E-state index contributed by atoms with van der Waals surface area (Å²) in [6.45, 7) is 13.1. The number of amides is 2. The molecule has 3 aromatic rings. The molecule has 4 heterocycles. The fourth-order valence-corrected chi connectivity index (χ4v) is 8.81. The summed E-state index contributed by atoms with van der Waals surface area (Å²) in [4.78, 5) is 82.5. The lowest BCUT2D eigenvalue weighted by Crippen LogP contribution is -2.54. The van der Waals surface area contributed by atoms with Gasteiger partial charge in [0.25, 0.3) is 0 Å². The van der Waals surface area contributed by atoms with Crippen LogP contribution >= 0.6 is 0 Å². The molecule has 0 spiro atoms. The number of benzene rings is 3. The fourth-order valence-electron chi connectivity index (χ4n) is 8.81. The highest BCUT2D eigenvalue weighted by atomic mass is 16.7. The summed E-state index contributed by atoms with van der Waals surface area (Å²) in [5.74, 6) is 0.361. The van der Waals surface area contributed by atoms with Gasteiger partial charge in [0.2, 0.25) is 23.5 Å². The maximum Gasteiger partial charge on any atom is 0.442 e. The second-order valence-electron chi connectivity index (χ2n) is 16.0. The van der Waals surface area contributed by atoms with Gasteiger partial charge in [-0.2, -0.15) is 0 Å². The van der Waals surface area contributed by atoms with Crippen LogP contribution in [0, 0.1) is 0 Å². The van der Waals surface area contributed by atoms with E-state index in [1.807, 2.05) is 42.5 Å². The minimum absolute atomic E-state index is 0.0564. The van der Waals surface area contributed by atoms with Crippen LogP contribution in [0.3, 0.4) is 0 Å². The highest BCUT2D eigenvalue weighted by Gasteiger charge is 2.35. The Bertz CT molecular complexity index is 2230. The minimum Gasteiger partial charge on any atom is -0.342 e. The quantitative estimate of drug-likeness (QED) is 0.0524. The van der Waals surface area contributed by atoms with Crippen LogP contribution < -0.4 is 0 Å². The first-order valence-electron chi connectivity index (χ1n) is 21.7. The van der Waals surface area contributed by atoms with Crippen molar-refractivity contribution in [2.45, 2.75) is 63.7 Å². The Hall–Kier alpha value is -6.70. The van der Waals surface area contributed by atoms with E-state index >= 15 is 0 Å². The van der Waals surface area contributed by atoms with Crippen molar-refractivity contribution in [3.63, 3.8) is 0 Å². The van der Waals surface area contributed by atoms with E-state index in [-0.39, 0.29) is 41.7 Å². The maximum absolute atomic E-state index is 14.3. The van der Waals surface area contributed by atoms with Gasteiger partial charge in [0, 0.05) is 82.2 Å². The van der Waals surface area contributed by atoms with E-state index in [1.165, 1.54) is 9.80 Å². The van der Waals surface area contributed by atoms with Crippen LogP contribution in [0.4, 0.5) is 9.59 Å². The standard InChI is InChI=1S/C48H52N8O6/c1-3-5-16-41(51-61-47(59)55-28-12-26-53-24-10-22-49-45(53)55)43(57)34-18-20-36-38(30-33-14-8-7-9-15-33)37-21-19-35(32-40(37)39(36)31-34)44(58)42(17-6-4-2)52-62-48(60)56-29-13-27-54-25-11-23-50-46(54)56/h3-4,7-9,14-15,18-21,31-32,38H,1-2,5-6,10-13,16-17,22-30H2/b51-41+,52-42+. The van der Waals surface area contributed by atoms with E-state index in [4.69, 9.17) is 9.68 Å². The van der Waals surface area contributed by atoms with Crippen molar-refractivity contribution in [2.75, 3.05) is 52.4 Å². The van der Waals surface area contributed by atoms with Gasteiger partial charge in [-0.3, -0.25) is 29.2 Å². The molecule has 0 atom stereocenters. The summed E-state index contributed by atoms with van der Waals surface area (Å²) in [7, 11) is 0. The normalized spacial score (nSPS) is 18.4. The second-order valence-corrected chi connectivity index (χ2v) is 16.0. The van der Waals surface area contributed by atoms with Gasteiger partial charge in [-0.15, -0.1) is 13.2 Å². The number of guanidine groups is 2. The van der Waals surface area contributed by atoms with Crippen molar-refractivity contribution in [1.82, 2.24) is 19.6 Å². The van der Waals surface area contributed by atoms with Gasteiger partial charge in [0.15, 0.2) is 0 Å². The van der Waals surface area contributed by atoms with Crippen LogP contribution in [0.25, 0.3) is 11.1 Å². The molecular weight excluding hydrogens is 785 g/mol. The average Bonchev–Trinajstić information content (AvgIpc) is 3.62. The van der Waals surface area contributed by atoms with Crippen molar-refractivity contribution < 1.29 is 28.9 Å². The summed E-state index contributed by atoms with van der Waals surface area (Å²) < 4.78 is 0. The van der Waals surface area contributed by atoms with Crippen molar-refractivity contribution in [3.05, 3.63) is 120 Å². The molecule has 3 aromatic carbocycles. The summed E-state index contributed by atoms with van der Waals surface area (Å²) in [6, 6.07) is 21.4. The Labute approximate surface area is 361 Å². The lowest BCUT2D eigenvalue weighted by molar-refractivity contribution is 0.102. The lowest BCUT2D eigenvalue weighted by Gasteiger charge is -2.38. The number of aliphatic imine (C=N–C) groups is 2. The van der Waals surface area contributed by atoms with Crippen LogP contribution in [-0.4, -0.2) is 119 Å². The Morgan fingerprint density at radius 3 is 1.56 bits per heavy atom. The third kappa shape index (κ3) is 9.00. The Kier molecular flexibility index (Phi) is 13.1. The number of Topliss-reactive ketones (excluding diaryl/α,β-unsaturated/α-hetero) is 2. The Balaban J connectivity index is 1.09. The molecule has 8 rings (SSSR count). The molecule has 5 aliphatic rings. The number of oxime groups is 2. The monoisotopic (exact) mass is 836 g/mol. The molecule has 0 N–H and O–H groups in total. The third-order valence-electron chi connectivity index (χ3n) is 11.9. The van der Waals surface area contributed by atoms with Gasteiger partial charge in [0.1, 0.15) is 11.4 Å². The number of ketones is 2. The van der Waals surface area contributed by atoms with Crippen molar-refractivity contribution in [2.24, 2.45) is 20.3 Å². The highest BCUT2D eigenvalue weighted by Crippen LogP contribution is 2.47. The number of carbonyl (C=O) groups excluding carboxylic acids is 4. The zero-order chi connectivity index (χ0) is 43.0. The number of carbonyl (C=O) groups is 4.